The third kappa shape index (κ3) is 1.96. The summed E-state index contributed by atoms with van der Waals surface area (Å²) in [4.78, 5) is 2.36. The van der Waals surface area contributed by atoms with Gasteiger partial charge < -0.3 is 4.90 Å². The van der Waals surface area contributed by atoms with E-state index in [1.165, 1.54) is 16.8 Å². The molecule has 2 nitrogen and oxygen atoms in total. The normalized spacial score (nSPS) is 13.8. The quantitative estimate of drug-likeness (QED) is 0.758. The molecule has 1 heterocycles. The van der Waals surface area contributed by atoms with Gasteiger partial charge in [0.2, 0.25) is 0 Å². The third-order valence-corrected chi connectivity index (χ3v) is 3.49. The summed E-state index contributed by atoms with van der Waals surface area (Å²) in [5, 5.41) is 8.81. The summed E-state index contributed by atoms with van der Waals surface area (Å²) in [6.07, 6.45) is 1.09. The summed E-state index contributed by atoms with van der Waals surface area (Å²) < 4.78 is 0. The van der Waals surface area contributed by atoms with E-state index in [0.29, 0.717) is 0 Å². The number of fused-ring (bicyclic) bond motifs is 1. The van der Waals surface area contributed by atoms with Crippen LogP contribution in [0.15, 0.2) is 48.5 Å². The Kier molecular flexibility index (Phi) is 2.74. The van der Waals surface area contributed by atoms with E-state index in [1.54, 1.807) is 0 Å². The summed E-state index contributed by atoms with van der Waals surface area (Å²) in [5.41, 5.74) is 4.79. The largest absolute Gasteiger partial charge is 0.367 e. The van der Waals surface area contributed by atoms with E-state index in [4.69, 9.17) is 5.26 Å². The minimum absolute atomic E-state index is 0.719. The Labute approximate surface area is 107 Å². The molecule has 0 spiro atoms. The maximum Gasteiger partial charge on any atom is 0.0991 e. The fourth-order valence-corrected chi connectivity index (χ4v) is 2.46. The lowest BCUT2D eigenvalue weighted by molar-refractivity contribution is 0.732. The van der Waals surface area contributed by atoms with Crippen LogP contribution in [0.3, 0.4) is 0 Å². The van der Waals surface area contributed by atoms with Crippen LogP contribution in [0, 0.1) is 11.3 Å². The number of benzene rings is 2. The van der Waals surface area contributed by atoms with E-state index >= 15 is 0 Å². The molecular weight excluding hydrogens is 220 g/mol. The van der Waals surface area contributed by atoms with E-state index in [1.807, 2.05) is 24.3 Å². The van der Waals surface area contributed by atoms with Gasteiger partial charge in [-0.1, -0.05) is 24.3 Å². The van der Waals surface area contributed by atoms with Crippen molar-refractivity contribution in [1.82, 2.24) is 0 Å². The van der Waals surface area contributed by atoms with Gasteiger partial charge in [0.25, 0.3) is 0 Å². The molecule has 0 N–H and O–H groups in total. The van der Waals surface area contributed by atoms with Crippen LogP contribution in [0.4, 0.5) is 5.69 Å². The molecule has 3 rings (SSSR count). The van der Waals surface area contributed by atoms with Crippen LogP contribution in [-0.4, -0.2) is 6.54 Å². The van der Waals surface area contributed by atoms with Gasteiger partial charge >= 0.3 is 0 Å². The second kappa shape index (κ2) is 4.54. The highest BCUT2D eigenvalue weighted by molar-refractivity contribution is 5.52. The van der Waals surface area contributed by atoms with Crippen LogP contribution < -0.4 is 4.90 Å². The first-order valence-electron chi connectivity index (χ1n) is 6.19. The van der Waals surface area contributed by atoms with Crippen LogP contribution in [0.5, 0.6) is 0 Å². The van der Waals surface area contributed by atoms with Crippen molar-refractivity contribution in [3.8, 4) is 6.07 Å². The molecule has 88 valence electrons. The minimum atomic E-state index is 0.719. The Balaban J connectivity index is 1.85. The second-order valence-corrected chi connectivity index (χ2v) is 4.60. The van der Waals surface area contributed by atoms with E-state index < -0.39 is 0 Å². The Hall–Kier alpha value is -2.27. The fourth-order valence-electron chi connectivity index (χ4n) is 2.46. The summed E-state index contributed by atoms with van der Waals surface area (Å²) >= 11 is 0. The van der Waals surface area contributed by atoms with Gasteiger partial charge in [0.1, 0.15) is 0 Å². The fraction of sp³-hybridized carbons (Fsp3) is 0.188. The molecule has 0 amide bonds. The van der Waals surface area contributed by atoms with Crippen LogP contribution in [-0.2, 0) is 13.0 Å². The molecule has 0 unspecified atom stereocenters. The van der Waals surface area contributed by atoms with E-state index in [2.05, 4.69) is 35.2 Å². The molecule has 0 bridgehead atoms. The Morgan fingerprint density at radius 2 is 1.67 bits per heavy atom. The van der Waals surface area contributed by atoms with Gasteiger partial charge in [-0.25, -0.2) is 0 Å². The van der Waals surface area contributed by atoms with Crippen LogP contribution >= 0.6 is 0 Å². The van der Waals surface area contributed by atoms with Gasteiger partial charge in [-0.3, -0.25) is 0 Å². The van der Waals surface area contributed by atoms with Gasteiger partial charge in [0.15, 0.2) is 0 Å². The molecular formula is C16H14N2. The van der Waals surface area contributed by atoms with Crippen molar-refractivity contribution in [3.05, 3.63) is 65.2 Å². The van der Waals surface area contributed by atoms with Crippen LogP contribution in [0.1, 0.15) is 16.7 Å². The molecule has 18 heavy (non-hydrogen) atoms. The predicted molar refractivity (Wildman–Crippen MR) is 72.4 cm³/mol. The number of hydrogen-bond acceptors (Lipinski definition) is 2. The average molecular weight is 234 g/mol. The molecule has 0 saturated carbocycles. The summed E-state index contributed by atoms with van der Waals surface area (Å²) in [6, 6.07) is 18.6. The minimum Gasteiger partial charge on any atom is -0.367 e. The number of rotatable bonds is 1. The molecule has 2 heteroatoms. The molecule has 0 saturated heterocycles. The van der Waals surface area contributed by atoms with Crippen molar-refractivity contribution >= 4 is 5.69 Å². The number of anilines is 1. The molecule has 2 aromatic carbocycles. The number of hydrogen-bond donors (Lipinski definition) is 0. The SMILES string of the molecule is N#Cc1ccc(N2CCc3ccccc3C2)cc1. The molecule has 0 aromatic heterocycles. The summed E-state index contributed by atoms with van der Waals surface area (Å²) in [7, 11) is 0. The van der Waals surface area contributed by atoms with Crippen molar-refractivity contribution in [2.45, 2.75) is 13.0 Å². The van der Waals surface area contributed by atoms with Gasteiger partial charge in [-0.05, 0) is 41.8 Å². The maximum absolute atomic E-state index is 8.81. The van der Waals surface area contributed by atoms with Crippen LogP contribution in [0.25, 0.3) is 0 Å². The zero-order valence-electron chi connectivity index (χ0n) is 10.1. The lowest BCUT2D eigenvalue weighted by Gasteiger charge is -2.30. The highest BCUT2D eigenvalue weighted by Crippen LogP contribution is 2.24. The van der Waals surface area contributed by atoms with E-state index in [9.17, 15) is 0 Å². The highest BCUT2D eigenvalue weighted by atomic mass is 15.1. The lowest BCUT2D eigenvalue weighted by atomic mass is 9.99. The third-order valence-electron chi connectivity index (χ3n) is 3.49. The van der Waals surface area contributed by atoms with Crippen molar-refractivity contribution in [1.29, 1.82) is 5.26 Å². The summed E-state index contributed by atoms with van der Waals surface area (Å²) in [6.45, 7) is 2.00. The van der Waals surface area contributed by atoms with Crippen molar-refractivity contribution in [3.63, 3.8) is 0 Å². The lowest BCUT2D eigenvalue weighted by Crippen LogP contribution is -2.30. The van der Waals surface area contributed by atoms with Crippen molar-refractivity contribution in [2.24, 2.45) is 0 Å². The Bertz CT molecular complexity index is 593. The first kappa shape index (κ1) is 10.9. The first-order valence-corrected chi connectivity index (χ1v) is 6.19. The van der Waals surface area contributed by atoms with Crippen molar-refractivity contribution in [2.75, 3.05) is 11.4 Å². The maximum atomic E-state index is 8.81. The number of nitriles is 1. The van der Waals surface area contributed by atoms with Gasteiger partial charge in [-0.2, -0.15) is 5.26 Å². The molecule has 0 fully saturated rings. The smallest absolute Gasteiger partial charge is 0.0991 e. The molecule has 0 atom stereocenters. The average Bonchev–Trinajstić information content (AvgIpc) is 2.47. The van der Waals surface area contributed by atoms with E-state index in [-0.39, 0.29) is 0 Å². The Morgan fingerprint density at radius 3 is 2.39 bits per heavy atom. The number of nitrogens with zero attached hydrogens (tertiary/aromatic N) is 2. The van der Waals surface area contributed by atoms with Gasteiger partial charge in [0, 0.05) is 18.8 Å². The molecule has 1 aliphatic heterocycles. The first-order chi connectivity index (χ1) is 8.86. The zero-order valence-corrected chi connectivity index (χ0v) is 10.1. The molecule has 0 radical (unpaired) electrons. The van der Waals surface area contributed by atoms with Crippen LogP contribution in [0.2, 0.25) is 0 Å². The van der Waals surface area contributed by atoms with E-state index in [0.717, 1.165) is 25.1 Å². The van der Waals surface area contributed by atoms with Gasteiger partial charge in [0.05, 0.1) is 11.6 Å². The predicted octanol–water partition coefficient (Wildman–Crippen LogP) is 3.12. The standard InChI is InChI=1S/C16H14N2/c17-11-13-5-7-16(8-6-13)18-10-9-14-3-1-2-4-15(14)12-18/h1-8H,9-10,12H2. The Morgan fingerprint density at radius 1 is 0.944 bits per heavy atom. The highest BCUT2D eigenvalue weighted by Gasteiger charge is 2.15. The summed E-state index contributed by atoms with van der Waals surface area (Å²) in [5.74, 6) is 0. The van der Waals surface area contributed by atoms with Gasteiger partial charge in [-0.15, -0.1) is 0 Å². The van der Waals surface area contributed by atoms with Crippen molar-refractivity contribution < 1.29 is 0 Å². The zero-order chi connectivity index (χ0) is 12.4. The molecule has 0 aliphatic carbocycles. The molecule has 1 aliphatic rings. The monoisotopic (exact) mass is 234 g/mol. The molecule has 2 aromatic rings. The second-order valence-electron chi connectivity index (χ2n) is 4.60. The topological polar surface area (TPSA) is 27.0 Å².